The van der Waals surface area contributed by atoms with E-state index >= 15 is 0 Å². The molecule has 0 radical (unpaired) electrons. The summed E-state index contributed by atoms with van der Waals surface area (Å²) in [6, 6.07) is 18.6. The minimum Gasteiger partial charge on any atom is -0.479 e. The van der Waals surface area contributed by atoms with Crippen LogP contribution in [-0.4, -0.2) is 29.8 Å². The van der Waals surface area contributed by atoms with Gasteiger partial charge >= 0.3 is 12.1 Å². The molecule has 0 aliphatic carbocycles. The second-order valence-electron chi connectivity index (χ2n) is 5.98. The van der Waals surface area contributed by atoms with Gasteiger partial charge in [-0.1, -0.05) is 67.6 Å². The van der Waals surface area contributed by atoms with Crippen molar-refractivity contribution < 1.29 is 24.2 Å². The van der Waals surface area contributed by atoms with Gasteiger partial charge in [-0.25, -0.2) is 9.59 Å². The molecule has 0 aliphatic rings. The predicted molar refractivity (Wildman–Crippen MR) is 96.4 cm³/mol. The molecule has 1 unspecified atom stereocenters. The third-order valence-corrected chi connectivity index (χ3v) is 3.81. The molecular formula is C20H23NO5. The van der Waals surface area contributed by atoms with Crippen molar-refractivity contribution in [1.82, 2.24) is 5.32 Å². The first-order chi connectivity index (χ1) is 12.6. The number of aliphatic carboxylic acids is 1. The average Bonchev–Trinajstić information content (AvgIpc) is 2.66. The van der Waals surface area contributed by atoms with Crippen LogP contribution >= 0.6 is 0 Å². The number of nitrogens with one attached hydrogen (secondary N) is 1. The van der Waals surface area contributed by atoms with E-state index in [0.29, 0.717) is 0 Å². The molecule has 2 N–H and O–H groups in total. The lowest BCUT2D eigenvalue weighted by molar-refractivity contribution is -0.154. The summed E-state index contributed by atoms with van der Waals surface area (Å²) >= 11 is 0. The van der Waals surface area contributed by atoms with Crippen LogP contribution in [0.2, 0.25) is 0 Å². The first-order valence-corrected chi connectivity index (χ1v) is 8.39. The van der Waals surface area contributed by atoms with E-state index in [2.05, 4.69) is 5.32 Å². The van der Waals surface area contributed by atoms with Crippen LogP contribution in [0.5, 0.6) is 0 Å². The molecule has 138 valence electrons. The van der Waals surface area contributed by atoms with Gasteiger partial charge in [0.15, 0.2) is 6.10 Å². The van der Waals surface area contributed by atoms with E-state index < -0.39 is 24.1 Å². The fourth-order valence-corrected chi connectivity index (χ4v) is 2.36. The number of carboxylic acid groups (broad SMARTS) is 1. The molecule has 2 aromatic carbocycles. The molecule has 0 heterocycles. The predicted octanol–water partition coefficient (Wildman–Crippen LogP) is 3.22. The standard InChI is InChI=1S/C20H23NO5/c1-15(12-21-20(24)26-14-17-10-6-3-7-11-17)18(19(22)23)25-13-16-8-4-2-5-9-16/h2-11,15,18H,12-14H2,1H3,(H,21,24)(H,22,23)/t15-,18?/m1/s1. The lowest BCUT2D eigenvalue weighted by Gasteiger charge is -2.21. The number of hydrogen-bond acceptors (Lipinski definition) is 4. The Morgan fingerprint density at radius 3 is 2.04 bits per heavy atom. The van der Waals surface area contributed by atoms with Crippen molar-refractivity contribution in [1.29, 1.82) is 0 Å². The summed E-state index contributed by atoms with van der Waals surface area (Å²) in [6.45, 7) is 2.20. The lowest BCUT2D eigenvalue weighted by atomic mass is 10.1. The molecule has 0 fully saturated rings. The van der Waals surface area contributed by atoms with Gasteiger partial charge < -0.3 is 19.9 Å². The minimum absolute atomic E-state index is 0.138. The molecule has 0 aromatic heterocycles. The van der Waals surface area contributed by atoms with Crippen molar-refractivity contribution in [2.75, 3.05) is 6.54 Å². The van der Waals surface area contributed by atoms with Crippen LogP contribution in [0.15, 0.2) is 60.7 Å². The summed E-state index contributed by atoms with van der Waals surface area (Å²) < 4.78 is 10.6. The summed E-state index contributed by atoms with van der Waals surface area (Å²) in [5, 5.41) is 12.0. The maximum absolute atomic E-state index is 11.8. The Bertz CT molecular complexity index is 690. The second kappa shape index (κ2) is 10.2. The highest BCUT2D eigenvalue weighted by molar-refractivity contribution is 5.73. The number of ether oxygens (including phenoxy) is 2. The maximum atomic E-state index is 11.8. The quantitative estimate of drug-likeness (QED) is 0.720. The summed E-state index contributed by atoms with van der Waals surface area (Å²) in [5.74, 6) is -1.48. The van der Waals surface area contributed by atoms with Gasteiger partial charge in [-0.3, -0.25) is 0 Å². The Hall–Kier alpha value is -2.86. The molecule has 6 nitrogen and oxygen atoms in total. The largest absolute Gasteiger partial charge is 0.479 e. The smallest absolute Gasteiger partial charge is 0.407 e. The third-order valence-electron chi connectivity index (χ3n) is 3.81. The SMILES string of the molecule is C[C@H](CNC(=O)OCc1ccccc1)C(OCc1ccccc1)C(=O)O. The Morgan fingerprint density at radius 2 is 1.50 bits per heavy atom. The highest BCUT2D eigenvalue weighted by atomic mass is 16.5. The molecule has 0 saturated carbocycles. The van der Waals surface area contributed by atoms with Gasteiger partial charge in [0.05, 0.1) is 6.61 Å². The Morgan fingerprint density at radius 1 is 0.962 bits per heavy atom. The Labute approximate surface area is 152 Å². The molecule has 0 spiro atoms. The van der Waals surface area contributed by atoms with Gasteiger partial charge in [-0.15, -0.1) is 0 Å². The molecule has 0 saturated heterocycles. The van der Waals surface area contributed by atoms with Gasteiger partial charge in [0.1, 0.15) is 6.61 Å². The molecule has 2 rings (SSSR count). The van der Waals surface area contributed by atoms with Crippen molar-refractivity contribution in [2.45, 2.75) is 26.2 Å². The highest BCUT2D eigenvalue weighted by Crippen LogP contribution is 2.11. The minimum atomic E-state index is -1.06. The molecule has 0 bridgehead atoms. The number of benzene rings is 2. The Balaban J connectivity index is 1.76. The van der Waals surface area contributed by atoms with E-state index in [-0.39, 0.29) is 19.8 Å². The van der Waals surface area contributed by atoms with Gasteiger partial charge in [0.25, 0.3) is 0 Å². The maximum Gasteiger partial charge on any atom is 0.407 e. The van der Waals surface area contributed by atoms with Crippen molar-refractivity contribution in [2.24, 2.45) is 5.92 Å². The van der Waals surface area contributed by atoms with Gasteiger partial charge in [-0.05, 0) is 11.1 Å². The van der Waals surface area contributed by atoms with Crippen LogP contribution in [0.25, 0.3) is 0 Å². The molecule has 2 aromatic rings. The number of carboxylic acids is 1. The topological polar surface area (TPSA) is 84.9 Å². The zero-order valence-electron chi connectivity index (χ0n) is 14.6. The van der Waals surface area contributed by atoms with Crippen LogP contribution in [0.3, 0.4) is 0 Å². The van der Waals surface area contributed by atoms with E-state index in [1.807, 2.05) is 60.7 Å². The highest BCUT2D eigenvalue weighted by Gasteiger charge is 2.26. The van der Waals surface area contributed by atoms with Crippen LogP contribution in [0, 0.1) is 5.92 Å². The van der Waals surface area contributed by atoms with Gasteiger partial charge in [0, 0.05) is 12.5 Å². The molecular weight excluding hydrogens is 334 g/mol. The van der Waals surface area contributed by atoms with E-state index in [1.165, 1.54) is 0 Å². The van der Waals surface area contributed by atoms with Crippen LogP contribution in [-0.2, 0) is 27.5 Å². The zero-order chi connectivity index (χ0) is 18.8. The summed E-state index contributed by atoms with van der Waals surface area (Å²) in [4.78, 5) is 23.2. The van der Waals surface area contributed by atoms with E-state index in [0.717, 1.165) is 11.1 Å². The van der Waals surface area contributed by atoms with Crippen molar-refractivity contribution in [3.63, 3.8) is 0 Å². The van der Waals surface area contributed by atoms with Gasteiger partial charge in [-0.2, -0.15) is 0 Å². The molecule has 0 aliphatic heterocycles. The van der Waals surface area contributed by atoms with Crippen LogP contribution < -0.4 is 5.32 Å². The fraction of sp³-hybridized carbons (Fsp3) is 0.300. The summed E-state index contributed by atoms with van der Waals surface area (Å²) in [7, 11) is 0. The molecule has 2 atom stereocenters. The normalized spacial score (nSPS) is 12.8. The monoisotopic (exact) mass is 357 g/mol. The van der Waals surface area contributed by atoms with Crippen molar-refractivity contribution in [3.8, 4) is 0 Å². The first kappa shape index (κ1) is 19.5. The zero-order valence-corrected chi connectivity index (χ0v) is 14.6. The number of carbonyl (C=O) groups is 2. The van der Waals surface area contributed by atoms with Crippen LogP contribution in [0.1, 0.15) is 18.1 Å². The van der Waals surface area contributed by atoms with Gasteiger partial charge in [0.2, 0.25) is 0 Å². The number of amides is 1. The fourth-order valence-electron chi connectivity index (χ4n) is 2.36. The lowest BCUT2D eigenvalue weighted by Crippen LogP contribution is -2.39. The average molecular weight is 357 g/mol. The molecule has 1 amide bonds. The van der Waals surface area contributed by atoms with E-state index in [1.54, 1.807) is 6.92 Å². The number of rotatable bonds is 9. The second-order valence-corrected chi connectivity index (χ2v) is 5.98. The number of alkyl carbamates (subject to hydrolysis) is 1. The van der Waals surface area contributed by atoms with E-state index in [9.17, 15) is 14.7 Å². The Kier molecular flexibility index (Phi) is 7.64. The van der Waals surface area contributed by atoms with Crippen LogP contribution in [0.4, 0.5) is 4.79 Å². The first-order valence-electron chi connectivity index (χ1n) is 8.39. The van der Waals surface area contributed by atoms with E-state index in [4.69, 9.17) is 9.47 Å². The molecule has 26 heavy (non-hydrogen) atoms. The number of carbonyl (C=O) groups excluding carboxylic acids is 1. The van der Waals surface area contributed by atoms with Crippen molar-refractivity contribution in [3.05, 3.63) is 71.8 Å². The summed E-state index contributed by atoms with van der Waals surface area (Å²) in [6.07, 6.45) is -1.61. The number of hydrogen-bond donors (Lipinski definition) is 2. The third kappa shape index (κ3) is 6.57. The molecule has 6 heteroatoms. The van der Waals surface area contributed by atoms with Crippen molar-refractivity contribution >= 4 is 12.1 Å². The summed E-state index contributed by atoms with van der Waals surface area (Å²) in [5.41, 5.74) is 1.77.